The van der Waals surface area contributed by atoms with Crippen LogP contribution in [0.25, 0.3) is 5.69 Å². The van der Waals surface area contributed by atoms with Gasteiger partial charge in [-0.3, -0.25) is 4.79 Å². The summed E-state index contributed by atoms with van der Waals surface area (Å²) in [6.07, 6.45) is 1.27. The Kier molecular flexibility index (Phi) is 3.39. The number of para-hydroxylation sites is 2. The molecule has 5 nitrogen and oxygen atoms in total. The fourth-order valence-electron chi connectivity index (χ4n) is 1.96. The van der Waals surface area contributed by atoms with E-state index in [0.717, 1.165) is 4.57 Å². The van der Waals surface area contributed by atoms with Gasteiger partial charge in [-0.1, -0.05) is 36.4 Å². The van der Waals surface area contributed by atoms with Gasteiger partial charge in [0.25, 0.3) is 0 Å². The minimum atomic E-state index is -0.508. The van der Waals surface area contributed by atoms with Gasteiger partial charge in [0.15, 0.2) is 0 Å². The molecule has 0 saturated carbocycles. The van der Waals surface area contributed by atoms with Gasteiger partial charge in [0, 0.05) is 0 Å². The number of aromatic amines is 1. The Bertz CT molecular complexity index is 852. The van der Waals surface area contributed by atoms with Crippen molar-refractivity contribution in [1.82, 2.24) is 9.55 Å². The minimum absolute atomic E-state index is 0.0599. The van der Waals surface area contributed by atoms with E-state index in [1.54, 1.807) is 48.5 Å². The Labute approximate surface area is 120 Å². The molecule has 104 valence electrons. The molecular weight excluding hydrogens is 268 g/mol. The van der Waals surface area contributed by atoms with Crippen LogP contribution in [-0.2, 0) is 0 Å². The molecule has 1 N–H and O–H groups in total. The zero-order chi connectivity index (χ0) is 14.7. The van der Waals surface area contributed by atoms with Crippen molar-refractivity contribution in [1.29, 1.82) is 0 Å². The van der Waals surface area contributed by atoms with Crippen molar-refractivity contribution in [2.24, 2.45) is 0 Å². The van der Waals surface area contributed by atoms with E-state index in [1.807, 2.05) is 12.1 Å². The molecule has 0 aliphatic rings. The van der Waals surface area contributed by atoms with Gasteiger partial charge < -0.3 is 9.72 Å². The van der Waals surface area contributed by atoms with Crippen LogP contribution >= 0.6 is 0 Å². The van der Waals surface area contributed by atoms with Crippen LogP contribution in [0.5, 0.6) is 11.5 Å². The molecule has 0 aliphatic carbocycles. The fourth-order valence-corrected chi connectivity index (χ4v) is 1.96. The molecule has 2 aromatic carbocycles. The first-order valence-corrected chi connectivity index (χ1v) is 6.39. The first-order valence-electron chi connectivity index (χ1n) is 6.39. The van der Waals surface area contributed by atoms with Crippen molar-refractivity contribution < 1.29 is 4.74 Å². The van der Waals surface area contributed by atoms with E-state index in [-0.39, 0.29) is 5.75 Å². The maximum absolute atomic E-state index is 12.4. The summed E-state index contributed by atoms with van der Waals surface area (Å²) >= 11 is 0. The van der Waals surface area contributed by atoms with Crippen LogP contribution in [0.15, 0.2) is 76.4 Å². The number of nitrogens with one attached hydrogen (secondary N) is 1. The smallest absolute Gasteiger partial charge is 0.333 e. The van der Waals surface area contributed by atoms with Gasteiger partial charge in [-0.15, -0.1) is 0 Å². The third-order valence-electron chi connectivity index (χ3n) is 2.93. The lowest BCUT2D eigenvalue weighted by Gasteiger charge is -2.08. The Morgan fingerprint density at radius 3 is 2.14 bits per heavy atom. The SMILES string of the molecule is O=c1[nH]cc(Oc2ccccc2)c(=O)n1-c1ccccc1. The van der Waals surface area contributed by atoms with Gasteiger partial charge in [0.05, 0.1) is 11.9 Å². The quantitative estimate of drug-likeness (QED) is 0.800. The van der Waals surface area contributed by atoms with Crippen molar-refractivity contribution in [3.05, 3.63) is 87.7 Å². The van der Waals surface area contributed by atoms with E-state index in [1.165, 1.54) is 6.20 Å². The van der Waals surface area contributed by atoms with Crippen molar-refractivity contribution in [2.75, 3.05) is 0 Å². The number of nitrogens with zero attached hydrogens (tertiary/aromatic N) is 1. The largest absolute Gasteiger partial charge is 0.450 e. The second kappa shape index (κ2) is 5.50. The summed E-state index contributed by atoms with van der Waals surface area (Å²) in [6.45, 7) is 0. The Morgan fingerprint density at radius 2 is 1.48 bits per heavy atom. The second-order valence-electron chi connectivity index (χ2n) is 4.35. The fraction of sp³-hybridized carbons (Fsp3) is 0. The summed E-state index contributed by atoms with van der Waals surface area (Å²) in [6, 6.07) is 17.6. The highest BCUT2D eigenvalue weighted by molar-refractivity contribution is 5.34. The van der Waals surface area contributed by atoms with Gasteiger partial charge >= 0.3 is 11.2 Å². The van der Waals surface area contributed by atoms with Gasteiger partial charge in [0.2, 0.25) is 5.75 Å². The third-order valence-corrected chi connectivity index (χ3v) is 2.93. The molecule has 1 heterocycles. The molecule has 0 radical (unpaired) electrons. The third kappa shape index (κ3) is 2.62. The van der Waals surface area contributed by atoms with E-state index in [9.17, 15) is 9.59 Å². The van der Waals surface area contributed by atoms with Crippen LogP contribution in [0.1, 0.15) is 0 Å². The molecule has 21 heavy (non-hydrogen) atoms. The lowest BCUT2D eigenvalue weighted by molar-refractivity contribution is 0.467. The summed E-state index contributed by atoms with van der Waals surface area (Å²) in [5, 5.41) is 0. The maximum atomic E-state index is 12.4. The zero-order valence-electron chi connectivity index (χ0n) is 11.0. The number of H-pyrrole nitrogens is 1. The molecular formula is C16H12N2O3. The summed E-state index contributed by atoms with van der Waals surface area (Å²) in [7, 11) is 0. The highest BCUT2D eigenvalue weighted by Crippen LogP contribution is 2.16. The first kappa shape index (κ1) is 12.9. The molecule has 5 heteroatoms. The van der Waals surface area contributed by atoms with Crippen molar-refractivity contribution in [3.8, 4) is 17.2 Å². The van der Waals surface area contributed by atoms with E-state index in [2.05, 4.69) is 4.98 Å². The van der Waals surface area contributed by atoms with Crippen LogP contribution in [0.4, 0.5) is 0 Å². The van der Waals surface area contributed by atoms with Crippen LogP contribution in [0.3, 0.4) is 0 Å². The first-order chi connectivity index (χ1) is 10.3. The van der Waals surface area contributed by atoms with Crippen molar-refractivity contribution >= 4 is 0 Å². The molecule has 0 aliphatic heterocycles. The predicted octanol–water partition coefficient (Wildman–Crippen LogP) is 2.32. The summed E-state index contributed by atoms with van der Waals surface area (Å²) < 4.78 is 6.56. The Hall–Kier alpha value is -3.08. The average molecular weight is 280 g/mol. The van der Waals surface area contributed by atoms with Crippen molar-refractivity contribution in [3.63, 3.8) is 0 Å². The van der Waals surface area contributed by atoms with Crippen LogP contribution in [0, 0.1) is 0 Å². The monoisotopic (exact) mass is 280 g/mol. The molecule has 0 saturated heterocycles. The number of rotatable bonds is 3. The maximum Gasteiger partial charge on any atom is 0.333 e. The molecule has 0 fully saturated rings. The average Bonchev–Trinajstić information content (AvgIpc) is 2.52. The molecule has 0 amide bonds. The predicted molar refractivity (Wildman–Crippen MR) is 79.2 cm³/mol. The van der Waals surface area contributed by atoms with E-state index in [4.69, 9.17) is 4.74 Å². The van der Waals surface area contributed by atoms with Crippen molar-refractivity contribution in [2.45, 2.75) is 0 Å². The number of ether oxygens (including phenoxy) is 1. The minimum Gasteiger partial charge on any atom is -0.450 e. The summed E-state index contributed by atoms with van der Waals surface area (Å²) in [5.74, 6) is 0.589. The number of aromatic nitrogens is 2. The molecule has 3 aromatic rings. The standard InChI is InChI=1S/C16H12N2O3/c19-15-14(21-13-9-5-2-6-10-13)11-17-16(20)18(15)12-7-3-1-4-8-12/h1-11H,(H,17,20). The number of hydrogen-bond acceptors (Lipinski definition) is 3. The van der Waals surface area contributed by atoms with E-state index in [0.29, 0.717) is 11.4 Å². The van der Waals surface area contributed by atoms with Gasteiger partial charge in [-0.2, -0.15) is 0 Å². The molecule has 0 unspecified atom stereocenters. The zero-order valence-corrected chi connectivity index (χ0v) is 11.0. The molecule has 3 rings (SSSR count). The Morgan fingerprint density at radius 1 is 0.857 bits per heavy atom. The van der Waals surface area contributed by atoms with Crippen LogP contribution < -0.4 is 16.0 Å². The summed E-state index contributed by atoms with van der Waals surface area (Å²) in [5.41, 5.74) is -0.525. The van der Waals surface area contributed by atoms with Crippen LogP contribution in [0.2, 0.25) is 0 Å². The highest BCUT2D eigenvalue weighted by atomic mass is 16.5. The highest BCUT2D eigenvalue weighted by Gasteiger charge is 2.10. The lowest BCUT2D eigenvalue weighted by atomic mass is 10.3. The van der Waals surface area contributed by atoms with Gasteiger partial charge in [-0.25, -0.2) is 9.36 Å². The topological polar surface area (TPSA) is 64.1 Å². The molecule has 1 aromatic heterocycles. The lowest BCUT2D eigenvalue weighted by Crippen LogP contribution is -2.33. The number of benzene rings is 2. The summed E-state index contributed by atoms with van der Waals surface area (Å²) in [4.78, 5) is 26.8. The molecule has 0 atom stereocenters. The molecule has 0 spiro atoms. The van der Waals surface area contributed by atoms with E-state index < -0.39 is 11.2 Å². The van der Waals surface area contributed by atoms with E-state index >= 15 is 0 Å². The second-order valence-corrected chi connectivity index (χ2v) is 4.35. The van der Waals surface area contributed by atoms with Crippen LogP contribution in [-0.4, -0.2) is 9.55 Å². The van der Waals surface area contributed by atoms with Gasteiger partial charge in [0.1, 0.15) is 5.75 Å². The Balaban J connectivity index is 2.09. The normalized spacial score (nSPS) is 10.3. The molecule has 0 bridgehead atoms. The van der Waals surface area contributed by atoms with Gasteiger partial charge in [-0.05, 0) is 24.3 Å². The number of hydrogen-bond donors (Lipinski definition) is 1.